The third-order valence-electron chi connectivity index (χ3n) is 12.9. The fourth-order valence-electron chi connectivity index (χ4n) is 8.72. The van der Waals surface area contributed by atoms with Crippen LogP contribution < -0.4 is 11.4 Å². The summed E-state index contributed by atoms with van der Waals surface area (Å²) in [6, 6.07) is 1.32. The van der Waals surface area contributed by atoms with Gasteiger partial charge in [-0.15, -0.1) is 0 Å². The molecule has 1 aromatic heterocycles. The molecular weight excluding hydrogens is 881 g/mol. The van der Waals surface area contributed by atoms with Gasteiger partial charge in [0.15, 0.2) is 6.23 Å². The molecule has 7 atom stereocenters. The molecule has 1 aliphatic rings. The molecule has 0 bridgehead atoms. The molecule has 2 heterocycles. The van der Waals surface area contributed by atoms with E-state index in [4.69, 9.17) is 24.5 Å². The number of nitrogen functional groups attached to an aromatic ring is 1. The third-order valence-corrected chi connectivity index (χ3v) is 17.6. The van der Waals surface area contributed by atoms with Gasteiger partial charge in [0, 0.05) is 25.6 Å². The second kappa shape index (κ2) is 38.6. The maximum atomic E-state index is 13.3. The van der Waals surface area contributed by atoms with Gasteiger partial charge in [-0.1, -0.05) is 206 Å². The molecule has 66 heavy (non-hydrogen) atoms. The van der Waals surface area contributed by atoms with E-state index in [2.05, 4.69) is 18.8 Å². The fraction of sp³-hybridized carbons (Fsp3) is 0.920. The predicted octanol–water partition coefficient (Wildman–Crippen LogP) is 12.2. The number of hydrogen-bond donors (Lipinski definition) is 5. The topological polar surface area (TPSA) is 213 Å². The molecule has 0 aromatic carbocycles. The zero-order valence-corrected chi connectivity index (χ0v) is 43.4. The zero-order chi connectivity index (χ0) is 48.1. The Morgan fingerprint density at radius 2 is 1.09 bits per heavy atom. The van der Waals surface area contributed by atoms with E-state index in [-0.39, 0.29) is 25.0 Å². The number of unbranched alkanes of at least 4 members (excludes halogenated alkanes) is 30. The monoisotopic (exact) mass is 978 g/mol. The average molecular weight is 978 g/mol. The van der Waals surface area contributed by atoms with Crippen molar-refractivity contribution >= 4 is 20.8 Å². The number of nitrogens with zero attached hydrogens (tertiary/aromatic N) is 2. The summed E-state index contributed by atoms with van der Waals surface area (Å²) in [5.74, 6) is -1.03. The van der Waals surface area contributed by atoms with Crippen molar-refractivity contribution in [2.24, 2.45) is 0 Å². The molecule has 388 valence electrons. The Bertz CT molecular complexity index is 1470. The molecule has 2 rings (SSSR count). The molecular formula is C50H97N3O11P2. The van der Waals surface area contributed by atoms with Crippen molar-refractivity contribution < 1.29 is 47.9 Å². The van der Waals surface area contributed by atoms with Crippen LogP contribution >= 0.6 is 15.0 Å². The highest BCUT2D eigenvalue weighted by Gasteiger charge is 2.45. The number of hydrogen-bond acceptors (Lipinski definition) is 11. The minimum absolute atomic E-state index is 0.0368. The van der Waals surface area contributed by atoms with Gasteiger partial charge in [-0.3, -0.25) is 13.7 Å². The largest absolute Gasteiger partial charge is 0.387 e. The van der Waals surface area contributed by atoms with Gasteiger partial charge in [-0.05, 0) is 25.3 Å². The lowest BCUT2D eigenvalue weighted by molar-refractivity contribution is -0.0523. The Labute approximate surface area is 400 Å². The fourth-order valence-corrected chi connectivity index (χ4v) is 12.9. The molecule has 1 aliphatic heterocycles. The van der Waals surface area contributed by atoms with Crippen LogP contribution in [0, 0.1) is 0 Å². The summed E-state index contributed by atoms with van der Waals surface area (Å²) in [6.45, 7) is 5.23. The number of aliphatic hydroxyl groups is 2. The molecule has 0 spiro atoms. The van der Waals surface area contributed by atoms with E-state index in [9.17, 15) is 33.9 Å². The molecule has 6 N–H and O–H groups in total. The van der Waals surface area contributed by atoms with E-state index in [1.807, 2.05) is 0 Å². The van der Waals surface area contributed by atoms with Crippen molar-refractivity contribution in [1.82, 2.24) is 9.55 Å². The highest BCUT2D eigenvalue weighted by atomic mass is 31.2. The summed E-state index contributed by atoms with van der Waals surface area (Å²) in [5, 5.41) is 21.0. The van der Waals surface area contributed by atoms with Gasteiger partial charge in [0.25, 0.3) is 0 Å². The highest BCUT2D eigenvalue weighted by Crippen LogP contribution is 2.58. The smallest absolute Gasteiger partial charge is 0.351 e. The van der Waals surface area contributed by atoms with Gasteiger partial charge in [0.2, 0.25) is 7.37 Å². The van der Waals surface area contributed by atoms with Crippen LogP contribution in [-0.4, -0.2) is 92.5 Å². The van der Waals surface area contributed by atoms with Crippen molar-refractivity contribution in [3.05, 3.63) is 22.7 Å². The lowest BCUT2D eigenvalue weighted by Crippen LogP contribution is -2.36. The number of anilines is 1. The lowest BCUT2D eigenvalue weighted by atomic mass is 10.0. The summed E-state index contributed by atoms with van der Waals surface area (Å²) in [5.41, 5.74) is 4.72. The second-order valence-corrected chi connectivity index (χ2v) is 24.0. The van der Waals surface area contributed by atoms with Crippen molar-refractivity contribution in [1.29, 1.82) is 0 Å². The van der Waals surface area contributed by atoms with Gasteiger partial charge in [0.05, 0.1) is 19.3 Å². The van der Waals surface area contributed by atoms with E-state index >= 15 is 0 Å². The molecule has 0 saturated carbocycles. The molecule has 7 unspecified atom stereocenters. The Balaban J connectivity index is 1.70. The molecule has 0 radical (unpaired) electrons. The molecule has 1 fully saturated rings. The van der Waals surface area contributed by atoms with E-state index < -0.39 is 63.8 Å². The SMILES string of the molecule is CCCCCCCCCCCCCCCCCCOCC(CCP(=O)(O)CP(=O)(O)OCC1OC(n2ccc(N)nc2=O)C(O)C1O)OCCCCCCCCCCCCCCCCCC. The Morgan fingerprint density at radius 1 is 0.667 bits per heavy atom. The van der Waals surface area contributed by atoms with E-state index in [1.54, 1.807) is 0 Å². The maximum absolute atomic E-state index is 13.3. The van der Waals surface area contributed by atoms with Crippen LogP contribution in [0.3, 0.4) is 0 Å². The molecule has 16 heteroatoms. The maximum Gasteiger partial charge on any atom is 0.351 e. The number of aliphatic hydroxyl groups excluding tert-OH is 2. The van der Waals surface area contributed by atoms with E-state index in [0.29, 0.717) is 13.2 Å². The zero-order valence-electron chi connectivity index (χ0n) is 41.6. The van der Waals surface area contributed by atoms with Crippen LogP contribution in [-0.2, 0) is 27.9 Å². The summed E-state index contributed by atoms with van der Waals surface area (Å²) in [7, 11) is -8.82. The first-order chi connectivity index (χ1) is 31.9. The van der Waals surface area contributed by atoms with Crippen LogP contribution in [0.2, 0.25) is 0 Å². The molecule has 14 nitrogen and oxygen atoms in total. The number of rotatable bonds is 46. The quantitative estimate of drug-likeness (QED) is 0.0304. The molecule has 1 aromatic rings. The number of ether oxygens (including phenoxy) is 3. The van der Waals surface area contributed by atoms with Crippen LogP contribution in [0.15, 0.2) is 17.1 Å². The van der Waals surface area contributed by atoms with Crippen LogP contribution in [0.5, 0.6) is 0 Å². The summed E-state index contributed by atoms with van der Waals surface area (Å²) in [6.07, 6.45) is 36.2. The summed E-state index contributed by atoms with van der Waals surface area (Å²) in [4.78, 5) is 37.3. The first-order valence-electron chi connectivity index (χ1n) is 26.7. The van der Waals surface area contributed by atoms with Crippen LogP contribution in [0.25, 0.3) is 0 Å². The predicted molar refractivity (Wildman–Crippen MR) is 268 cm³/mol. The van der Waals surface area contributed by atoms with Crippen molar-refractivity contribution in [3.8, 4) is 0 Å². The van der Waals surface area contributed by atoms with Crippen molar-refractivity contribution in [3.63, 3.8) is 0 Å². The van der Waals surface area contributed by atoms with Gasteiger partial charge in [-0.25, -0.2) is 4.79 Å². The van der Waals surface area contributed by atoms with Crippen molar-refractivity contribution in [2.75, 3.05) is 44.2 Å². The molecule has 0 amide bonds. The Morgan fingerprint density at radius 3 is 1.53 bits per heavy atom. The van der Waals surface area contributed by atoms with Crippen LogP contribution in [0.4, 0.5) is 5.82 Å². The normalized spacial score (nSPS) is 19.8. The standard InChI is InChI=1S/C50H97N3O11P2/c1-3-5-7-9-11-13-15-17-19-21-23-25-27-29-31-33-38-61-41-44(62-39-34-32-30-28-26-24-22-20-18-16-14-12-10-8-6-4-2)36-40-65(57,58)43-66(59,60)63-42-45-47(54)48(55)49(64-45)53-37-35-46(51)52-50(53)56/h35,37,44-45,47-49,54-55H,3-34,36,38-43H2,1-2H3,(H,57,58)(H,59,60)(H2,51,52,56). The summed E-state index contributed by atoms with van der Waals surface area (Å²) < 4.78 is 50.2. The second-order valence-electron chi connectivity index (χ2n) is 19.2. The van der Waals surface area contributed by atoms with E-state index in [1.165, 1.54) is 186 Å². The van der Waals surface area contributed by atoms with Gasteiger partial charge < -0.3 is 44.5 Å². The van der Waals surface area contributed by atoms with E-state index in [0.717, 1.165) is 36.7 Å². The average Bonchev–Trinajstić information content (AvgIpc) is 3.56. The number of nitrogens with two attached hydrogens (primary N) is 1. The molecule has 1 saturated heterocycles. The first-order valence-corrected chi connectivity index (χ1v) is 30.5. The van der Waals surface area contributed by atoms with Gasteiger partial charge in [-0.2, -0.15) is 4.98 Å². The van der Waals surface area contributed by atoms with Gasteiger partial charge in [0.1, 0.15) is 30.0 Å². The minimum atomic E-state index is -4.65. The Kier molecular flexibility index (Phi) is 35.6. The molecule has 0 aliphatic carbocycles. The lowest BCUT2D eigenvalue weighted by Gasteiger charge is -2.22. The highest BCUT2D eigenvalue weighted by molar-refractivity contribution is 7.73. The summed E-state index contributed by atoms with van der Waals surface area (Å²) >= 11 is 0. The third kappa shape index (κ3) is 30.4. The van der Waals surface area contributed by atoms with Crippen LogP contribution in [0.1, 0.15) is 232 Å². The van der Waals surface area contributed by atoms with Crippen molar-refractivity contribution in [2.45, 2.75) is 256 Å². The Hall–Kier alpha value is -1.18. The van der Waals surface area contributed by atoms with Gasteiger partial charge >= 0.3 is 13.3 Å². The number of aromatic nitrogens is 2. The first kappa shape index (κ1) is 60.9. The minimum Gasteiger partial charge on any atom is -0.387 e.